The molecule has 2 rings (SSSR count). The lowest BCUT2D eigenvalue weighted by Crippen LogP contribution is -2.04. The molecule has 3 nitrogen and oxygen atoms in total. The third kappa shape index (κ3) is 3.22. The first-order valence-corrected chi connectivity index (χ1v) is 6.34. The third-order valence-corrected chi connectivity index (χ3v) is 2.96. The number of benzene rings is 2. The first-order valence-electron chi connectivity index (χ1n) is 6.34. The molecule has 0 aliphatic heterocycles. The van der Waals surface area contributed by atoms with Crippen molar-refractivity contribution in [3.8, 4) is 11.5 Å². The van der Waals surface area contributed by atoms with Crippen molar-refractivity contribution in [2.75, 3.05) is 6.61 Å². The van der Waals surface area contributed by atoms with Gasteiger partial charge in [-0.25, -0.2) is 4.39 Å². The summed E-state index contributed by atoms with van der Waals surface area (Å²) in [5, 5.41) is 8.73. The van der Waals surface area contributed by atoms with Crippen LogP contribution in [0.2, 0.25) is 0 Å². The van der Waals surface area contributed by atoms with E-state index in [2.05, 4.69) is 0 Å². The summed E-state index contributed by atoms with van der Waals surface area (Å²) in [6.45, 7) is 1.41. The van der Waals surface area contributed by atoms with Crippen molar-refractivity contribution in [1.29, 1.82) is 0 Å². The average Bonchev–Trinajstić information content (AvgIpc) is 2.49. The number of hydrogen-bond acceptors (Lipinski definition) is 3. The summed E-state index contributed by atoms with van der Waals surface area (Å²) < 4.78 is 19.2. The second-order valence-electron chi connectivity index (χ2n) is 4.33. The molecule has 104 valence electrons. The normalized spacial score (nSPS) is 10.3. The molecule has 0 aliphatic carbocycles. The van der Waals surface area contributed by atoms with Crippen molar-refractivity contribution in [1.82, 2.24) is 0 Å². The van der Waals surface area contributed by atoms with Crippen LogP contribution in [0.1, 0.15) is 22.8 Å². The molecule has 20 heavy (non-hydrogen) atoms. The number of Topliss-reactive ketones (excluding diaryl/α,β-unsaturated/α-hetero) is 1. The van der Waals surface area contributed by atoms with Crippen LogP contribution in [0.5, 0.6) is 11.5 Å². The molecule has 0 amide bonds. The molecular weight excluding hydrogens is 259 g/mol. The number of hydrogen-bond donors (Lipinski definition) is 1. The Morgan fingerprint density at radius 1 is 1.20 bits per heavy atom. The second-order valence-corrected chi connectivity index (χ2v) is 4.33. The zero-order valence-corrected chi connectivity index (χ0v) is 11.1. The van der Waals surface area contributed by atoms with Crippen LogP contribution >= 0.6 is 0 Å². The summed E-state index contributed by atoms with van der Waals surface area (Å²) in [5.74, 6) is -0.585. The summed E-state index contributed by atoms with van der Waals surface area (Å²) in [4.78, 5) is 11.2. The van der Waals surface area contributed by atoms with Gasteiger partial charge in [0.05, 0.1) is 0 Å². The number of aliphatic hydroxyl groups is 1. The van der Waals surface area contributed by atoms with Crippen molar-refractivity contribution in [3.05, 3.63) is 59.4 Å². The summed E-state index contributed by atoms with van der Waals surface area (Å²) in [6, 6.07) is 11.2. The Balaban J connectivity index is 2.18. The van der Waals surface area contributed by atoms with E-state index < -0.39 is 18.2 Å². The minimum atomic E-state index is -0.641. The number of ketones is 1. The Bertz CT molecular complexity index is 606. The van der Waals surface area contributed by atoms with E-state index in [-0.39, 0.29) is 11.3 Å². The lowest BCUT2D eigenvalue weighted by atomic mass is 10.1. The van der Waals surface area contributed by atoms with Crippen molar-refractivity contribution < 1.29 is 19.0 Å². The molecular formula is C16H15FO3. The maximum atomic E-state index is 13.8. The predicted molar refractivity (Wildman–Crippen MR) is 73.7 cm³/mol. The van der Waals surface area contributed by atoms with Crippen molar-refractivity contribution >= 4 is 5.78 Å². The fourth-order valence-electron chi connectivity index (χ4n) is 1.77. The fourth-order valence-corrected chi connectivity index (χ4v) is 1.77. The number of ether oxygens (including phenoxy) is 1. The van der Waals surface area contributed by atoms with E-state index in [1.165, 1.54) is 17.7 Å². The van der Waals surface area contributed by atoms with E-state index in [0.29, 0.717) is 5.75 Å². The summed E-state index contributed by atoms with van der Waals surface area (Å²) >= 11 is 0. The average molecular weight is 274 g/mol. The predicted octanol–water partition coefficient (Wildman–Crippen LogP) is 3.36. The molecule has 0 saturated carbocycles. The Kier molecular flexibility index (Phi) is 4.48. The van der Waals surface area contributed by atoms with Gasteiger partial charge in [-0.2, -0.15) is 0 Å². The van der Waals surface area contributed by atoms with E-state index >= 15 is 0 Å². The molecule has 0 saturated heterocycles. The van der Waals surface area contributed by atoms with Gasteiger partial charge in [0, 0.05) is 5.56 Å². The van der Waals surface area contributed by atoms with Crippen LogP contribution in [-0.2, 0) is 6.42 Å². The highest BCUT2D eigenvalue weighted by Gasteiger charge is 2.10. The van der Waals surface area contributed by atoms with Gasteiger partial charge in [-0.3, -0.25) is 4.79 Å². The van der Waals surface area contributed by atoms with E-state index in [1.54, 1.807) is 12.1 Å². The molecule has 0 spiro atoms. The molecule has 0 fully saturated rings. The van der Waals surface area contributed by atoms with Crippen molar-refractivity contribution in [2.24, 2.45) is 0 Å². The van der Waals surface area contributed by atoms with Crippen LogP contribution in [0.15, 0.2) is 42.5 Å². The molecule has 0 radical (unpaired) electrons. The molecule has 0 unspecified atom stereocenters. The smallest absolute Gasteiger partial charge is 0.188 e. The first-order chi connectivity index (χ1) is 9.63. The van der Waals surface area contributed by atoms with Crippen LogP contribution in [0, 0.1) is 5.82 Å². The molecule has 4 heteroatoms. The standard InChI is InChI=1S/C16H15FO3/c1-2-11-3-6-13(7-4-11)20-16-8-5-12(9-14(16)17)15(19)10-18/h3-9,18H,2,10H2,1H3. The monoisotopic (exact) mass is 274 g/mol. The van der Waals surface area contributed by atoms with Gasteiger partial charge in [-0.1, -0.05) is 19.1 Å². The first kappa shape index (κ1) is 14.2. The Morgan fingerprint density at radius 2 is 1.90 bits per heavy atom. The number of carbonyl (C=O) groups excluding carboxylic acids is 1. The van der Waals surface area contributed by atoms with Gasteiger partial charge in [0.25, 0.3) is 0 Å². The Hall–Kier alpha value is -2.20. The van der Waals surface area contributed by atoms with Crippen LogP contribution in [0.3, 0.4) is 0 Å². The zero-order valence-electron chi connectivity index (χ0n) is 11.1. The largest absolute Gasteiger partial charge is 0.454 e. The molecule has 0 atom stereocenters. The molecule has 0 aromatic heterocycles. The number of rotatable bonds is 5. The minimum Gasteiger partial charge on any atom is -0.454 e. The lowest BCUT2D eigenvalue weighted by Gasteiger charge is -2.08. The summed E-state index contributed by atoms with van der Waals surface area (Å²) in [6.07, 6.45) is 0.923. The lowest BCUT2D eigenvalue weighted by molar-refractivity contribution is 0.0903. The third-order valence-electron chi connectivity index (χ3n) is 2.96. The van der Waals surface area contributed by atoms with Crippen molar-refractivity contribution in [2.45, 2.75) is 13.3 Å². The van der Waals surface area contributed by atoms with E-state index in [1.807, 2.05) is 19.1 Å². The minimum absolute atomic E-state index is 0.0451. The van der Waals surface area contributed by atoms with Gasteiger partial charge >= 0.3 is 0 Å². The summed E-state index contributed by atoms with van der Waals surface area (Å²) in [7, 11) is 0. The van der Waals surface area contributed by atoms with Crippen LogP contribution in [0.25, 0.3) is 0 Å². The highest BCUT2D eigenvalue weighted by Crippen LogP contribution is 2.25. The van der Waals surface area contributed by atoms with E-state index in [4.69, 9.17) is 9.84 Å². The molecule has 0 heterocycles. The van der Waals surface area contributed by atoms with Crippen LogP contribution < -0.4 is 4.74 Å². The maximum absolute atomic E-state index is 13.8. The molecule has 0 bridgehead atoms. The van der Waals surface area contributed by atoms with Gasteiger partial charge in [0.1, 0.15) is 12.4 Å². The molecule has 0 aliphatic rings. The SMILES string of the molecule is CCc1ccc(Oc2ccc(C(=O)CO)cc2F)cc1. The summed E-state index contributed by atoms with van der Waals surface area (Å²) in [5.41, 5.74) is 1.29. The number of halogens is 1. The highest BCUT2D eigenvalue weighted by atomic mass is 19.1. The number of carbonyl (C=O) groups is 1. The molecule has 2 aromatic carbocycles. The van der Waals surface area contributed by atoms with Crippen LogP contribution in [0.4, 0.5) is 4.39 Å². The second kappa shape index (κ2) is 6.30. The van der Waals surface area contributed by atoms with Gasteiger partial charge in [0.2, 0.25) is 0 Å². The van der Waals surface area contributed by atoms with Crippen molar-refractivity contribution in [3.63, 3.8) is 0 Å². The van der Waals surface area contributed by atoms with Crippen LogP contribution in [-0.4, -0.2) is 17.5 Å². The van der Waals surface area contributed by atoms with Gasteiger partial charge in [0.15, 0.2) is 17.3 Å². The number of aryl methyl sites for hydroxylation is 1. The van der Waals surface area contributed by atoms with Gasteiger partial charge in [-0.05, 0) is 42.3 Å². The molecule has 1 N–H and O–H groups in total. The molecule has 2 aromatic rings. The maximum Gasteiger partial charge on any atom is 0.188 e. The highest BCUT2D eigenvalue weighted by molar-refractivity contribution is 5.97. The Labute approximate surface area is 116 Å². The number of aliphatic hydroxyl groups excluding tert-OH is 1. The Morgan fingerprint density at radius 3 is 2.45 bits per heavy atom. The van der Waals surface area contributed by atoms with E-state index in [9.17, 15) is 9.18 Å². The topological polar surface area (TPSA) is 46.5 Å². The quantitative estimate of drug-likeness (QED) is 0.850. The van der Waals surface area contributed by atoms with Gasteiger partial charge < -0.3 is 9.84 Å². The fraction of sp³-hybridized carbons (Fsp3) is 0.188. The zero-order chi connectivity index (χ0) is 14.5. The van der Waals surface area contributed by atoms with E-state index in [0.717, 1.165) is 12.5 Å². The van der Waals surface area contributed by atoms with Gasteiger partial charge in [-0.15, -0.1) is 0 Å².